The Bertz CT molecular complexity index is 769. The van der Waals surface area contributed by atoms with Gasteiger partial charge in [-0.25, -0.2) is 23.7 Å². The van der Waals surface area contributed by atoms with Crippen LogP contribution in [0, 0.1) is 5.92 Å². The number of aromatic amines is 1. The van der Waals surface area contributed by atoms with Crippen molar-refractivity contribution < 1.29 is 13.6 Å². The minimum Gasteiger partial charge on any atom is -0.354 e. The van der Waals surface area contributed by atoms with Crippen LogP contribution in [0.2, 0.25) is 0 Å². The Labute approximate surface area is 143 Å². The van der Waals surface area contributed by atoms with E-state index >= 15 is 0 Å². The van der Waals surface area contributed by atoms with Gasteiger partial charge in [0.15, 0.2) is 11.5 Å². The number of carbonyl (C=O) groups is 1. The van der Waals surface area contributed by atoms with Gasteiger partial charge in [0, 0.05) is 39.0 Å². The molecule has 4 heterocycles. The molecular weight excluding hydrogens is 330 g/mol. The quantitative estimate of drug-likeness (QED) is 0.894. The van der Waals surface area contributed by atoms with Crippen molar-refractivity contribution in [2.24, 2.45) is 5.92 Å². The van der Waals surface area contributed by atoms with E-state index in [1.165, 1.54) is 6.33 Å². The second-order valence-corrected chi connectivity index (χ2v) is 6.76. The average molecular weight is 350 g/mol. The van der Waals surface area contributed by atoms with Crippen molar-refractivity contribution in [3.05, 3.63) is 12.7 Å². The molecule has 1 N–H and O–H groups in total. The van der Waals surface area contributed by atoms with Crippen LogP contribution in [0.4, 0.5) is 14.6 Å². The molecule has 0 aromatic carbocycles. The summed E-state index contributed by atoms with van der Waals surface area (Å²) in [5.41, 5.74) is 1.35. The Kier molecular flexibility index (Phi) is 4.01. The molecule has 0 radical (unpaired) electrons. The topological polar surface area (TPSA) is 78.0 Å². The van der Waals surface area contributed by atoms with E-state index in [2.05, 4.69) is 24.8 Å². The lowest BCUT2D eigenvalue weighted by Crippen LogP contribution is -2.49. The Morgan fingerprint density at radius 2 is 2.00 bits per heavy atom. The van der Waals surface area contributed by atoms with Gasteiger partial charge in [-0.2, -0.15) is 0 Å². The highest BCUT2D eigenvalue weighted by Gasteiger charge is 2.38. The number of nitrogens with one attached hydrogen (secondary N) is 1. The van der Waals surface area contributed by atoms with Gasteiger partial charge >= 0.3 is 0 Å². The summed E-state index contributed by atoms with van der Waals surface area (Å²) in [7, 11) is 0. The standard InChI is InChI=1S/C16H20F2N6O/c17-16(18)3-6-23(7-4-16)15(25)11-2-1-5-24(8-11)14-12-13(20-9-19-12)21-10-22-14/h9-11H,1-8H2,(H,19,20,21,22). The number of hydrogen-bond acceptors (Lipinski definition) is 5. The third kappa shape index (κ3) is 3.14. The van der Waals surface area contributed by atoms with E-state index in [1.54, 1.807) is 11.2 Å². The number of piperidine rings is 2. The van der Waals surface area contributed by atoms with Gasteiger partial charge < -0.3 is 14.8 Å². The maximum absolute atomic E-state index is 13.3. The number of likely N-dealkylation sites (tertiary alicyclic amines) is 1. The molecule has 0 spiro atoms. The molecule has 0 aliphatic carbocycles. The summed E-state index contributed by atoms with van der Waals surface area (Å²) in [6.45, 7) is 1.62. The van der Waals surface area contributed by atoms with E-state index in [4.69, 9.17) is 0 Å². The lowest BCUT2D eigenvalue weighted by molar-refractivity contribution is -0.141. The highest BCUT2D eigenvalue weighted by molar-refractivity contribution is 5.84. The Morgan fingerprint density at radius 1 is 1.20 bits per heavy atom. The number of fused-ring (bicyclic) bond motifs is 1. The number of H-pyrrole nitrogens is 1. The number of aromatic nitrogens is 4. The van der Waals surface area contributed by atoms with Crippen LogP contribution in [-0.2, 0) is 4.79 Å². The number of rotatable bonds is 2. The molecule has 2 aliphatic rings. The van der Waals surface area contributed by atoms with Crippen molar-refractivity contribution in [1.82, 2.24) is 24.8 Å². The molecule has 134 valence electrons. The van der Waals surface area contributed by atoms with Crippen LogP contribution in [0.5, 0.6) is 0 Å². The lowest BCUT2D eigenvalue weighted by Gasteiger charge is -2.38. The summed E-state index contributed by atoms with van der Waals surface area (Å²) >= 11 is 0. The number of carbonyl (C=O) groups excluding carboxylic acids is 1. The summed E-state index contributed by atoms with van der Waals surface area (Å²) in [5.74, 6) is -2.10. The fourth-order valence-corrected chi connectivity index (χ4v) is 3.68. The normalized spacial score (nSPS) is 23.8. The number of imidazole rings is 1. The molecule has 0 saturated carbocycles. The van der Waals surface area contributed by atoms with Gasteiger partial charge in [0.05, 0.1) is 12.2 Å². The summed E-state index contributed by atoms with van der Waals surface area (Å²) in [4.78, 5) is 32.1. The van der Waals surface area contributed by atoms with Crippen LogP contribution in [-0.4, -0.2) is 62.8 Å². The van der Waals surface area contributed by atoms with Crippen molar-refractivity contribution in [3.8, 4) is 0 Å². The molecular formula is C16H20F2N6O. The number of amides is 1. The van der Waals surface area contributed by atoms with Gasteiger partial charge in [-0.15, -0.1) is 0 Å². The van der Waals surface area contributed by atoms with Crippen LogP contribution in [0.15, 0.2) is 12.7 Å². The predicted molar refractivity (Wildman–Crippen MR) is 87.4 cm³/mol. The minimum atomic E-state index is -2.64. The molecule has 25 heavy (non-hydrogen) atoms. The maximum Gasteiger partial charge on any atom is 0.251 e. The van der Waals surface area contributed by atoms with E-state index in [1.807, 2.05) is 0 Å². The van der Waals surface area contributed by atoms with Gasteiger partial charge in [-0.05, 0) is 12.8 Å². The Morgan fingerprint density at radius 3 is 2.80 bits per heavy atom. The molecule has 1 atom stereocenters. The Balaban J connectivity index is 1.48. The smallest absolute Gasteiger partial charge is 0.251 e. The number of halogens is 2. The molecule has 2 aromatic heterocycles. The third-order valence-electron chi connectivity index (χ3n) is 5.08. The fraction of sp³-hybridized carbons (Fsp3) is 0.625. The molecule has 2 aromatic rings. The van der Waals surface area contributed by atoms with Crippen molar-refractivity contribution in [2.75, 3.05) is 31.1 Å². The van der Waals surface area contributed by atoms with Crippen LogP contribution < -0.4 is 4.90 Å². The van der Waals surface area contributed by atoms with Crippen molar-refractivity contribution in [2.45, 2.75) is 31.6 Å². The zero-order chi connectivity index (χ0) is 17.4. The van der Waals surface area contributed by atoms with Crippen LogP contribution in [0.1, 0.15) is 25.7 Å². The predicted octanol–water partition coefficient (Wildman–Crippen LogP) is 1.83. The minimum absolute atomic E-state index is 0.0184. The van der Waals surface area contributed by atoms with Crippen molar-refractivity contribution >= 4 is 22.9 Å². The SMILES string of the molecule is O=C(C1CCCN(c2ncnc3nc[nH]c23)C1)N1CCC(F)(F)CC1. The van der Waals surface area contributed by atoms with Crippen LogP contribution in [0.25, 0.3) is 11.2 Å². The summed E-state index contributed by atoms with van der Waals surface area (Å²) in [6.07, 6.45) is 4.20. The molecule has 9 heteroatoms. The molecule has 4 rings (SSSR count). The molecule has 0 bridgehead atoms. The second-order valence-electron chi connectivity index (χ2n) is 6.76. The first-order valence-corrected chi connectivity index (χ1v) is 8.59. The zero-order valence-corrected chi connectivity index (χ0v) is 13.8. The van der Waals surface area contributed by atoms with Gasteiger partial charge in [-0.1, -0.05) is 0 Å². The van der Waals surface area contributed by atoms with Crippen LogP contribution in [0.3, 0.4) is 0 Å². The van der Waals surface area contributed by atoms with E-state index < -0.39 is 5.92 Å². The monoisotopic (exact) mass is 350 g/mol. The highest BCUT2D eigenvalue weighted by Crippen LogP contribution is 2.31. The van der Waals surface area contributed by atoms with E-state index in [-0.39, 0.29) is 37.8 Å². The first-order valence-electron chi connectivity index (χ1n) is 8.59. The largest absolute Gasteiger partial charge is 0.354 e. The van der Waals surface area contributed by atoms with Gasteiger partial charge in [0.1, 0.15) is 11.8 Å². The first kappa shape index (κ1) is 16.2. The third-order valence-corrected chi connectivity index (χ3v) is 5.08. The van der Waals surface area contributed by atoms with Gasteiger partial charge in [-0.3, -0.25) is 4.79 Å². The lowest BCUT2D eigenvalue weighted by atomic mass is 9.95. The zero-order valence-electron chi connectivity index (χ0n) is 13.8. The van der Waals surface area contributed by atoms with E-state index in [9.17, 15) is 13.6 Å². The van der Waals surface area contributed by atoms with Crippen LogP contribution >= 0.6 is 0 Å². The summed E-state index contributed by atoms with van der Waals surface area (Å²) in [6, 6.07) is 0. The summed E-state index contributed by atoms with van der Waals surface area (Å²) in [5, 5.41) is 0. The van der Waals surface area contributed by atoms with Crippen molar-refractivity contribution in [1.29, 1.82) is 0 Å². The first-order chi connectivity index (χ1) is 12.0. The molecule has 1 amide bonds. The number of alkyl halides is 2. The van der Waals surface area contributed by atoms with Gasteiger partial charge in [0.2, 0.25) is 5.91 Å². The number of hydrogen-bond donors (Lipinski definition) is 1. The molecule has 7 nitrogen and oxygen atoms in total. The fourth-order valence-electron chi connectivity index (χ4n) is 3.68. The van der Waals surface area contributed by atoms with Gasteiger partial charge in [0.25, 0.3) is 5.92 Å². The number of anilines is 1. The second kappa shape index (κ2) is 6.20. The Hall–Kier alpha value is -2.32. The summed E-state index contributed by atoms with van der Waals surface area (Å²) < 4.78 is 26.6. The molecule has 2 aliphatic heterocycles. The van der Waals surface area contributed by atoms with Crippen molar-refractivity contribution in [3.63, 3.8) is 0 Å². The number of nitrogens with zero attached hydrogens (tertiary/aromatic N) is 5. The molecule has 2 saturated heterocycles. The molecule has 2 fully saturated rings. The maximum atomic E-state index is 13.3. The van der Waals surface area contributed by atoms with E-state index in [0.29, 0.717) is 12.2 Å². The average Bonchev–Trinajstić information content (AvgIpc) is 3.10. The molecule has 1 unspecified atom stereocenters. The highest BCUT2D eigenvalue weighted by atomic mass is 19.3. The van der Waals surface area contributed by atoms with E-state index in [0.717, 1.165) is 30.7 Å².